The maximum absolute atomic E-state index is 12.4. The summed E-state index contributed by atoms with van der Waals surface area (Å²) in [6.07, 6.45) is 1.79. The lowest BCUT2D eigenvalue weighted by atomic mass is 10.1. The molecule has 0 radical (unpaired) electrons. The number of aliphatic hydroxyl groups is 1. The van der Waals surface area contributed by atoms with E-state index in [9.17, 15) is 4.79 Å². The zero-order valence-electron chi connectivity index (χ0n) is 11.0. The summed E-state index contributed by atoms with van der Waals surface area (Å²) in [4.78, 5) is 14.3. The second-order valence-electron chi connectivity index (χ2n) is 4.74. The normalized spacial score (nSPS) is 16.4. The highest BCUT2D eigenvalue weighted by Crippen LogP contribution is 2.22. The van der Waals surface area contributed by atoms with Crippen molar-refractivity contribution in [1.29, 1.82) is 0 Å². The molecule has 1 heterocycles. The molecule has 0 unspecified atom stereocenters. The van der Waals surface area contributed by atoms with Gasteiger partial charge < -0.3 is 14.7 Å². The van der Waals surface area contributed by atoms with Crippen LogP contribution in [0.1, 0.15) is 23.2 Å². The maximum atomic E-state index is 12.4. The number of hydrogen-bond donors (Lipinski definition) is 1. The molecule has 4 nitrogen and oxygen atoms in total. The molecule has 2 rings (SSSR count). The number of benzene rings is 1. The lowest BCUT2D eigenvalue weighted by Crippen LogP contribution is -2.41. The van der Waals surface area contributed by atoms with E-state index in [0.29, 0.717) is 25.3 Å². The molecule has 0 aliphatic carbocycles. The van der Waals surface area contributed by atoms with Crippen LogP contribution in [-0.2, 0) is 4.74 Å². The van der Waals surface area contributed by atoms with Gasteiger partial charge in [0.15, 0.2) is 0 Å². The van der Waals surface area contributed by atoms with Crippen molar-refractivity contribution in [2.24, 2.45) is 0 Å². The number of likely N-dealkylation sites (tertiary alicyclic amines) is 1. The van der Waals surface area contributed by atoms with Crippen LogP contribution in [0.2, 0.25) is 0 Å². The highest BCUT2D eigenvalue weighted by molar-refractivity contribution is 9.11. The molecule has 0 spiro atoms. The van der Waals surface area contributed by atoms with E-state index < -0.39 is 0 Å². The standard InChI is InChI=1S/C14H17Br2NO3/c15-11-7-10(8-12(16)9-11)14(19)17-3-1-13(2-4-17)20-6-5-18/h7-9,13,18H,1-6H2. The number of amides is 1. The Balaban J connectivity index is 1.94. The Bertz CT molecular complexity index is 453. The lowest BCUT2D eigenvalue weighted by Gasteiger charge is -2.32. The van der Waals surface area contributed by atoms with Gasteiger partial charge in [-0.25, -0.2) is 0 Å². The molecule has 1 saturated heterocycles. The van der Waals surface area contributed by atoms with E-state index in [0.717, 1.165) is 21.8 Å². The Morgan fingerprint density at radius 2 is 1.85 bits per heavy atom. The smallest absolute Gasteiger partial charge is 0.253 e. The van der Waals surface area contributed by atoms with Gasteiger partial charge in [0.05, 0.1) is 19.3 Å². The first-order valence-corrected chi connectivity index (χ1v) is 8.16. The molecule has 110 valence electrons. The largest absolute Gasteiger partial charge is 0.394 e. The van der Waals surface area contributed by atoms with E-state index in [1.807, 2.05) is 23.1 Å². The number of ether oxygens (including phenoxy) is 1. The predicted molar refractivity (Wildman–Crippen MR) is 83.8 cm³/mol. The van der Waals surface area contributed by atoms with Crippen molar-refractivity contribution in [3.8, 4) is 0 Å². The number of carbonyl (C=O) groups is 1. The van der Waals surface area contributed by atoms with Crippen molar-refractivity contribution in [2.45, 2.75) is 18.9 Å². The van der Waals surface area contributed by atoms with Crippen LogP contribution < -0.4 is 0 Å². The lowest BCUT2D eigenvalue weighted by molar-refractivity contribution is -0.00554. The van der Waals surface area contributed by atoms with Gasteiger partial charge in [-0.2, -0.15) is 0 Å². The van der Waals surface area contributed by atoms with Gasteiger partial charge in [0.2, 0.25) is 0 Å². The molecule has 0 atom stereocenters. The maximum Gasteiger partial charge on any atom is 0.253 e. The topological polar surface area (TPSA) is 49.8 Å². The van der Waals surface area contributed by atoms with E-state index in [1.165, 1.54) is 0 Å². The third-order valence-corrected chi connectivity index (χ3v) is 4.20. The first-order chi connectivity index (χ1) is 9.60. The summed E-state index contributed by atoms with van der Waals surface area (Å²) >= 11 is 6.80. The van der Waals surface area contributed by atoms with Gasteiger partial charge in [0, 0.05) is 27.6 Å². The van der Waals surface area contributed by atoms with E-state index >= 15 is 0 Å². The fourth-order valence-corrected chi connectivity index (χ4v) is 3.60. The van der Waals surface area contributed by atoms with Gasteiger partial charge in [-0.05, 0) is 31.0 Å². The van der Waals surface area contributed by atoms with Gasteiger partial charge >= 0.3 is 0 Å². The molecule has 1 aliphatic rings. The molecule has 0 aromatic heterocycles. The van der Waals surface area contributed by atoms with Crippen LogP contribution in [0.25, 0.3) is 0 Å². The van der Waals surface area contributed by atoms with E-state index in [2.05, 4.69) is 31.9 Å². The van der Waals surface area contributed by atoms with Crippen LogP contribution in [0, 0.1) is 0 Å². The minimum atomic E-state index is 0.0468. The van der Waals surface area contributed by atoms with Crippen LogP contribution in [0.5, 0.6) is 0 Å². The van der Waals surface area contributed by atoms with Crippen LogP contribution in [0.3, 0.4) is 0 Å². The van der Waals surface area contributed by atoms with Gasteiger partial charge in [0.25, 0.3) is 5.91 Å². The third kappa shape index (κ3) is 4.28. The van der Waals surface area contributed by atoms with E-state index in [-0.39, 0.29) is 18.6 Å². The van der Waals surface area contributed by atoms with Gasteiger partial charge in [-0.3, -0.25) is 4.79 Å². The molecular formula is C14H17Br2NO3. The summed E-state index contributed by atoms with van der Waals surface area (Å²) in [6, 6.07) is 5.58. The second-order valence-corrected chi connectivity index (χ2v) is 6.58. The summed E-state index contributed by atoms with van der Waals surface area (Å²) in [5, 5.41) is 8.74. The molecule has 1 aliphatic heterocycles. The first kappa shape index (κ1) is 15.9. The predicted octanol–water partition coefficient (Wildman–Crippen LogP) is 2.83. The molecule has 1 amide bonds. The first-order valence-electron chi connectivity index (χ1n) is 6.58. The van der Waals surface area contributed by atoms with Crippen molar-refractivity contribution in [3.05, 3.63) is 32.7 Å². The van der Waals surface area contributed by atoms with E-state index in [1.54, 1.807) is 0 Å². The van der Waals surface area contributed by atoms with Crippen LogP contribution >= 0.6 is 31.9 Å². The Morgan fingerprint density at radius 3 is 2.40 bits per heavy atom. The van der Waals surface area contributed by atoms with Crippen molar-refractivity contribution < 1.29 is 14.6 Å². The zero-order valence-corrected chi connectivity index (χ0v) is 14.2. The molecule has 1 fully saturated rings. The fourth-order valence-electron chi connectivity index (χ4n) is 2.30. The van der Waals surface area contributed by atoms with Gasteiger partial charge in [-0.15, -0.1) is 0 Å². The Labute approximate surface area is 135 Å². The average Bonchev–Trinajstić information content (AvgIpc) is 2.44. The van der Waals surface area contributed by atoms with Crippen LogP contribution in [0.4, 0.5) is 0 Å². The number of carbonyl (C=O) groups excluding carboxylic acids is 1. The molecule has 20 heavy (non-hydrogen) atoms. The molecule has 0 saturated carbocycles. The number of nitrogens with zero attached hydrogens (tertiary/aromatic N) is 1. The molecule has 1 aromatic rings. The molecule has 1 aromatic carbocycles. The third-order valence-electron chi connectivity index (χ3n) is 3.28. The summed E-state index contributed by atoms with van der Waals surface area (Å²) < 4.78 is 7.27. The van der Waals surface area contributed by atoms with Gasteiger partial charge in [-0.1, -0.05) is 31.9 Å². The Kier molecular flexibility index (Phi) is 6.01. The summed E-state index contributed by atoms with van der Waals surface area (Å²) in [7, 11) is 0. The van der Waals surface area contributed by atoms with Crippen molar-refractivity contribution >= 4 is 37.8 Å². The Hall–Kier alpha value is -0.430. The van der Waals surface area contributed by atoms with Crippen LogP contribution in [-0.4, -0.2) is 48.3 Å². The SMILES string of the molecule is O=C(c1cc(Br)cc(Br)c1)N1CCC(OCCO)CC1. The van der Waals surface area contributed by atoms with Gasteiger partial charge in [0.1, 0.15) is 0 Å². The molecule has 1 N–H and O–H groups in total. The molecule has 0 bridgehead atoms. The fraction of sp³-hybridized carbons (Fsp3) is 0.500. The summed E-state index contributed by atoms with van der Waals surface area (Å²) in [6.45, 7) is 1.81. The minimum absolute atomic E-state index is 0.0468. The van der Waals surface area contributed by atoms with Crippen LogP contribution in [0.15, 0.2) is 27.1 Å². The second kappa shape index (κ2) is 7.54. The molecule has 6 heteroatoms. The van der Waals surface area contributed by atoms with Crippen molar-refractivity contribution in [1.82, 2.24) is 4.90 Å². The quantitative estimate of drug-likeness (QED) is 0.836. The number of hydrogen-bond acceptors (Lipinski definition) is 3. The highest BCUT2D eigenvalue weighted by atomic mass is 79.9. The van der Waals surface area contributed by atoms with Crippen molar-refractivity contribution in [2.75, 3.05) is 26.3 Å². The summed E-state index contributed by atoms with van der Waals surface area (Å²) in [5.41, 5.74) is 0.681. The zero-order chi connectivity index (χ0) is 14.5. The Morgan fingerprint density at radius 1 is 1.25 bits per heavy atom. The van der Waals surface area contributed by atoms with Crippen molar-refractivity contribution in [3.63, 3.8) is 0 Å². The summed E-state index contributed by atoms with van der Waals surface area (Å²) in [5.74, 6) is 0.0487. The number of rotatable bonds is 4. The number of aliphatic hydroxyl groups excluding tert-OH is 1. The minimum Gasteiger partial charge on any atom is -0.394 e. The highest BCUT2D eigenvalue weighted by Gasteiger charge is 2.24. The number of piperidine rings is 1. The van der Waals surface area contributed by atoms with E-state index in [4.69, 9.17) is 9.84 Å². The number of halogens is 2. The monoisotopic (exact) mass is 405 g/mol. The average molecular weight is 407 g/mol. The molecular weight excluding hydrogens is 390 g/mol.